The van der Waals surface area contributed by atoms with Gasteiger partial charge in [-0.15, -0.1) is 17.5 Å². The van der Waals surface area contributed by atoms with E-state index >= 15 is 0 Å². The first kappa shape index (κ1) is 17.7. The number of carbonyl (C=O) groups excluding carboxylic acids is 1. The van der Waals surface area contributed by atoms with Crippen LogP contribution < -0.4 is 10.6 Å². The quantitative estimate of drug-likeness (QED) is 0.887. The van der Waals surface area contributed by atoms with Crippen molar-refractivity contribution in [1.82, 2.24) is 20.3 Å². The van der Waals surface area contributed by atoms with Crippen molar-refractivity contribution >= 4 is 35.6 Å². The summed E-state index contributed by atoms with van der Waals surface area (Å²) in [6.07, 6.45) is 3.71. The normalized spacial score (nSPS) is 15.0. The van der Waals surface area contributed by atoms with Gasteiger partial charge in [-0.05, 0) is 50.6 Å². The minimum atomic E-state index is -0.278. The number of nitrogens with one attached hydrogen (secondary N) is 2. The molecule has 1 aromatic heterocycles. The van der Waals surface area contributed by atoms with E-state index in [0.29, 0.717) is 22.4 Å². The molecule has 3 rings (SSSR count). The lowest BCUT2D eigenvalue weighted by molar-refractivity contribution is 0.102. The van der Waals surface area contributed by atoms with Gasteiger partial charge in [0.2, 0.25) is 0 Å². The molecule has 1 aliphatic heterocycles. The lowest BCUT2D eigenvalue weighted by Crippen LogP contribution is -2.29. The molecule has 0 spiro atoms. The second-order valence-electron chi connectivity index (χ2n) is 5.48. The Labute approximate surface area is 146 Å². The highest BCUT2D eigenvalue weighted by molar-refractivity contribution is 6.31. The van der Waals surface area contributed by atoms with Crippen LogP contribution in [0.2, 0.25) is 5.02 Å². The lowest BCUT2D eigenvalue weighted by Gasteiger charge is -2.22. The number of rotatable bonds is 3. The van der Waals surface area contributed by atoms with Gasteiger partial charge in [-0.25, -0.2) is 4.68 Å². The summed E-state index contributed by atoms with van der Waals surface area (Å²) in [7, 11) is 0. The monoisotopic (exact) mass is 355 g/mol. The van der Waals surface area contributed by atoms with Gasteiger partial charge in [0.25, 0.3) is 5.91 Å². The number of aryl methyl sites for hydroxylation is 1. The first-order valence-corrected chi connectivity index (χ1v) is 7.71. The van der Waals surface area contributed by atoms with E-state index in [2.05, 4.69) is 20.9 Å². The second kappa shape index (κ2) is 7.77. The number of halogens is 2. The van der Waals surface area contributed by atoms with Crippen LogP contribution in [0.1, 0.15) is 34.9 Å². The van der Waals surface area contributed by atoms with E-state index in [9.17, 15) is 4.79 Å². The van der Waals surface area contributed by atoms with Crippen LogP contribution in [0.4, 0.5) is 5.69 Å². The molecule has 0 bridgehead atoms. The van der Waals surface area contributed by atoms with Gasteiger partial charge >= 0.3 is 0 Å². The number of hydrogen-bond acceptors (Lipinski definition) is 4. The second-order valence-corrected chi connectivity index (χ2v) is 5.89. The van der Waals surface area contributed by atoms with Crippen LogP contribution in [0.25, 0.3) is 0 Å². The van der Waals surface area contributed by atoms with Crippen molar-refractivity contribution < 1.29 is 4.79 Å². The fourth-order valence-electron chi connectivity index (χ4n) is 2.50. The van der Waals surface area contributed by atoms with Crippen molar-refractivity contribution in [2.45, 2.75) is 25.8 Å². The highest BCUT2D eigenvalue weighted by Gasteiger charge is 2.18. The Kier molecular flexibility index (Phi) is 5.98. The van der Waals surface area contributed by atoms with Crippen molar-refractivity contribution in [3.8, 4) is 0 Å². The van der Waals surface area contributed by atoms with E-state index < -0.39 is 0 Å². The highest BCUT2D eigenvalue weighted by atomic mass is 35.5. The third-order valence-corrected chi connectivity index (χ3v) is 4.26. The maximum absolute atomic E-state index is 12.2. The molecule has 0 aliphatic carbocycles. The Balaban J connectivity index is 0.00000192. The molecule has 1 amide bonds. The molecule has 1 fully saturated rings. The van der Waals surface area contributed by atoms with Gasteiger partial charge in [-0.2, -0.15) is 0 Å². The standard InChI is InChI=1S/C15H18ClN5O.ClH/c1-10-2-3-11(8-13(10)16)18-15(22)14-9-21(20-19-14)12-4-6-17-7-5-12;/h2-3,8-9,12,17H,4-7H2,1H3,(H,18,22);1H. The molecule has 2 aromatic rings. The van der Waals surface area contributed by atoms with Gasteiger partial charge in [0, 0.05) is 10.7 Å². The van der Waals surface area contributed by atoms with Gasteiger partial charge in [0.1, 0.15) is 0 Å². The minimum absolute atomic E-state index is 0. The summed E-state index contributed by atoms with van der Waals surface area (Å²) in [5, 5.41) is 14.8. The number of hydrogen-bond donors (Lipinski definition) is 2. The van der Waals surface area contributed by atoms with Gasteiger partial charge in [-0.3, -0.25) is 4.79 Å². The average Bonchev–Trinajstić information content (AvgIpc) is 3.02. The third-order valence-electron chi connectivity index (χ3n) is 3.86. The molecule has 0 radical (unpaired) electrons. The highest BCUT2D eigenvalue weighted by Crippen LogP contribution is 2.21. The Morgan fingerprint density at radius 1 is 1.39 bits per heavy atom. The lowest BCUT2D eigenvalue weighted by atomic mass is 10.1. The summed E-state index contributed by atoms with van der Waals surface area (Å²) in [6, 6.07) is 5.72. The SMILES string of the molecule is Cc1ccc(NC(=O)c2cn(C3CCNCC3)nn2)cc1Cl.Cl. The Morgan fingerprint density at radius 3 is 2.83 bits per heavy atom. The number of amides is 1. The average molecular weight is 356 g/mol. The Hall–Kier alpha value is -1.63. The van der Waals surface area contributed by atoms with Gasteiger partial charge in [0.15, 0.2) is 5.69 Å². The zero-order valence-corrected chi connectivity index (χ0v) is 14.3. The van der Waals surface area contributed by atoms with E-state index in [-0.39, 0.29) is 18.3 Å². The molecule has 1 aromatic carbocycles. The van der Waals surface area contributed by atoms with E-state index in [0.717, 1.165) is 31.5 Å². The largest absolute Gasteiger partial charge is 0.320 e. The molecule has 6 nitrogen and oxygen atoms in total. The van der Waals surface area contributed by atoms with Crippen LogP contribution in [0.15, 0.2) is 24.4 Å². The molecule has 2 heterocycles. The van der Waals surface area contributed by atoms with Crippen LogP contribution in [-0.4, -0.2) is 34.0 Å². The molecule has 23 heavy (non-hydrogen) atoms. The predicted octanol–water partition coefficient (Wildman–Crippen LogP) is 2.84. The maximum Gasteiger partial charge on any atom is 0.277 e. The number of anilines is 1. The molecule has 0 atom stereocenters. The van der Waals surface area contributed by atoms with Crippen LogP contribution in [0.5, 0.6) is 0 Å². The van der Waals surface area contributed by atoms with Crippen LogP contribution in [0, 0.1) is 6.92 Å². The van der Waals surface area contributed by atoms with Crippen LogP contribution in [-0.2, 0) is 0 Å². The zero-order valence-electron chi connectivity index (χ0n) is 12.8. The maximum atomic E-state index is 12.2. The summed E-state index contributed by atoms with van der Waals surface area (Å²) >= 11 is 6.06. The fourth-order valence-corrected chi connectivity index (χ4v) is 2.68. The van der Waals surface area contributed by atoms with Crippen LogP contribution >= 0.6 is 24.0 Å². The number of piperidine rings is 1. The molecule has 1 aliphatic rings. The number of benzene rings is 1. The Morgan fingerprint density at radius 2 is 2.13 bits per heavy atom. The summed E-state index contributed by atoms with van der Waals surface area (Å²) < 4.78 is 1.79. The molecule has 8 heteroatoms. The van der Waals surface area contributed by atoms with Crippen molar-refractivity contribution in [1.29, 1.82) is 0 Å². The minimum Gasteiger partial charge on any atom is -0.320 e. The molecule has 0 saturated carbocycles. The van der Waals surface area contributed by atoms with E-state index in [4.69, 9.17) is 11.6 Å². The molecule has 1 saturated heterocycles. The smallest absolute Gasteiger partial charge is 0.277 e. The Bertz CT molecular complexity index is 682. The molecule has 0 unspecified atom stereocenters. The van der Waals surface area contributed by atoms with Crippen molar-refractivity contribution in [2.75, 3.05) is 18.4 Å². The van der Waals surface area contributed by atoms with Gasteiger partial charge in [-0.1, -0.05) is 22.9 Å². The third kappa shape index (κ3) is 4.22. The number of nitrogens with zero attached hydrogens (tertiary/aromatic N) is 3. The van der Waals surface area contributed by atoms with Crippen molar-refractivity contribution in [2.24, 2.45) is 0 Å². The fraction of sp³-hybridized carbons (Fsp3) is 0.400. The van der Waals surface area contributed by atoms with Crippen LogP contribution in [0.3, 0.4) is 0 Å². The van der Waals surface area contributed by atoms with Gasteiger partial charge < -0.3 is 10.6 Å². The topological polar surface area (TPSA) is 71.8 Å². The summed E-state index contributed by atoms with van der Waals surface area (Å²) in [6.45, 7) is 3.85. The van der Waals surface area contributed by atoms with E-state index in [1.54, 1.807) is 16.9 Å². The first-order valence-electron chi connectivity index (χ1n) is 7.33. The number of carbonyl (C=O) groups is 1. The summed E-state index contributed by atoms with van der Waals surface area (Å²) in [5.74, 6) is -0.278. The summed E-state index contributed by atoms with van der Waals surface area (Å²) in [4.78, 5) is 12.2. The molecular formula is C15H19Cl2N5O. The molecule has 2 N–H and O–H groups in total. The summed E-state index contributed by atoms with van der Waals surface area (Å²) in [5.41, 5.74) is 1.93. The molecule has 124 valence electrons. The van der Waals surface area contributed by atoms with Crippen molar-refractivity contribution in [3.63, 3.8) is 0 Å². The van der Waals surface area contributed by atoms with Crippen molar-refractivity contribution in [3.05, 3.63) is 40.7 Å². The van der Waals surface area contributed by atoms with Gasteiger partial charge in [0.05, 0.1) is 12.2 Å². The predicted molar refractivity (Wildman–Crippen MR) is 92.6 cm³/mol. The zero-order chi connectivity index (χ0) is 15.5. The number of aromatic nitrogens is 3. The first-order chi connectivity index (χ1) is 10.6. The molecular weight excluding hydrogens is 337 g/mol. The van der Waals surface area contributed by atoms with E-state index in [1.165, 1.54) is 0 Å². The van der Waals surface area contributed by atoms with E-state index in [1.807, 2.05) is 19.1 Å².